The van der Waals surface area contributed by atoms with Crippen molar-refractivity contribution in [3.8, 4) is 11.5 Å². The Morgan fingerprint density at radius 2 is 1.88 bits per heavy atom. The Bertz CT molecular complexity index is 1140. The fraction of sp³-hybridized carbons (Fsp3) is 0.269. The highest BCUT2D eigenvalue weighted by Gasteiger charge is 2.28. The number of amides is 2. The zero-order valence-electron chi connectivity index (χ0n) is 18.5. The minimum absolute atomic E-state index is 0.0747. The van der Waals surface area contributed by atoms with Crippen LogP contribution < -0.4 is 10.1 Å². The molecule has 2 amide bonds. The summed E-state index contributed by atoms with van der Waals surface area (Å²) >= 11 is 0. The molecule has 1 atom stereocenters. The first-order chi connectivity index (χ1) is 16.5. The van der Waals surface area contributed by atoms with Gasteiger partial charge < -0.3 is 15.0 Å². The molecule has 1 fully saturated rings. The van der Waals surface area contributed by atoms with Crippen LogP contribution in [-0.4, -0.2) is 34.8 Å². The molecule has 1 N–H and O–H groups in total. The van der Waals surface area contributed by atoms with E-state index in [1.54, 1.807) is 41.4 Å². The molecule has 34 heavy (non-hydrogen) atoms. The van der Waals surface area contributed by atoms with Gasteiger partial charge in [-0.25, -0.2) is 8.78 Å². The van der Waals surface area contributed by atoms with Gasteiger partial charge in [-0.05, 0) is 60.4 Å². The van der Waals surface area contributed by atoms with Gasteiger partial charge in [-0.15, -0.1) is 0 Å². The van der Waals surface area contributed by atoms with Gasteiger partial charge in [-0.1, -0.05) is 18.2 Å². The molecule has 0 saturated carbocycles. The molecule has 0 radical (unpaired) electrons. The number of hydrogen-bond donors (Lipinski definition) is 1. The van der Waals surface area contributed by atoms with Gasteiger partial charge in [-0.2, -0.15) is 0 Å². The summed E-state index contributed by atoms with van der Waals surface area (Å²) in [5.41, 5.74) is 1.33. The Kier molecular flexibility index (Phi) is 7.47. The molecular weight excluding hydrogens is 440 g/mol. The standard InChI is InChI=1S/C26H25F2N3O3/c27-21-8-5-18(6-9-21)14-25(32)31-12-2-3-20(17-31)26(33)30-15-19-7-10-24(23(28)13-19)34-22-4-1-11-29-16-22/h1,4-11,13,16,20H,2-3,12,14-15,17H2,(H,30,33). The number of likely N-dealkylation sites (tertiary alicyclic amines) is 1. The van der Waals surface area contributed by atoms with Gasteiger partial charge in [0.05, 0.1) is 18.5 Å². The first-order valence-corrected chi connectivity index (χ1v) is 11.1. The summed E-state index contributed by atoms with van der Waals surface area (Å²) in [5.74, 6) is -0.967. The topological polar surface area (TPSA) is 71.5 Å². The molecule has 0 spiro atoms. The molecule has 1 unspecified atom stereocenters. The fourth-order valence-corrected chi connectivity index (χ4v) is 3.91. The van der Waals surface area contributed by atoms with Crippen LogP contribution in [0.2, 0.25) is 0 Å². The Morgan fingerprint density at radius 1 is 1.09 bits per heavy atom. The quantitative estimate of drug-likeness (QED) is 0.566. The van der Waals surface area contributed by atoms with Crippen molar-refractivity contribution in [2.24, 2.45) is 5.92 Å². The lowest BCUT2D eigenvalue weighted by molar-refractivity contribution is -0.135. The molecule has 0 bridgehead atoms. The molecule has 3 aromatic rings. The summed E-state index contributed by atoms with van der Waals surface area (Å²) in [6.07, 6.45) is 4.66. The van der Waals surface area contributed by atoms with Crippen LogP contribution in [0.15, 0.2) is 67.0 Å². The average Bonchev–Trinajstić information content (AvgIpc) is 2.86. The predicted molar refractivity (Wildman–Crippen MR) is 122 cm³/mol. The largest absolute Gasteiger partial charge is 0.453 e. The van der Waals surface area contributed by atoms with Crippen molar-refractivity contribution in [2.45, 2.75) is 25.8 Å². The van der Waals surface area contributed by atoms with Gasteiger partial charge in [0.2, 0.25) is 11.8 Å². The number of aromatic nitrogens is 1. The molecule has 176 valence electrons. The number of piperidine rings is 1. The lowest BCUT2D eigenvalue weighted by atomic mass is 9.96. The van der Waals surface area contributed by atoms with E-state index < -0.39 is 5.82 Å². The van der Waals surface area contributed by atoms with Crippen LogP contribution in [0.25, 0.3) is 0 Å². The normalized spacial score (nSPS) is 15.6. The van der Waals surface area contributed by atoms with Gasteiger partial charge in [0.15, 0.2) is 11.6 Å². The van der Waals surface area contributed by atoms with Crippen LogP contribution in [0.1, 0.15) is 24.0 Å². The Morgan fingerprint density at radius 3 is 2.62 bits per heavy atom. The van der Waals surface area contributed by atoms with E-state index in [0.29, 0.717) is 30.8 Å². The molecule has 1 aliphatic heterocycles. The summed E-state index contributed by atoms with van der Waals surface area (Å²) in [4.78, 5) is 31.0. The smallest absolute Gasteiger partial charge is 0.227 e. The molecule has 1 aromatic heterocycles. The first-order valence-electron chi connectivity index (χ1n) is 11.1. The van der Waals surface area contributed by atoms with Crippen LogP contribution in [-0.2, 0) is 22.6 Å². The van der Waals surface area contributed by atoms with E-state index in [9.17, 15) is 18.4 Å². The van der Waals surface area contributed by atoms with E-state index in [1.807, 2.05) is 0 Å². The number of benzene rings is 2. The third kappa shape index (κ3) is 6.15. The first kappa shape index (κ1) is 23.4. The number of pyridine rings is 1. The summed E-state index contributed by atoms with van der Waals surface area (Å²) in [6.45, 7) is 1.09. The highest BCUT2D eigenvalue weighted by Crippen LogP contribution is 2.25. The average molecular weight is 466 g/mol. The lowest BCUT2D eigenvalue weighted by Gasteiger charge is -2.32. The number of nitrogens with one attached hydrogen (secondary N) is 1. The Hall–Kier alpha value is -3.81. The van der Waals surface area contributed by atoms with E-state index in [-0.39, 0.29) is 42.3 Å². The van der Waals surface area contributed by atoms with E-state index >= 15 is 0 Å². The summed E-state index contributed by atoms with van der Waals surface area (Å²) in [6, 6.07) is 13.7. The number of rotatable bonds is 7. The van der Waals surface area contributed by atoms with Gasteiger partial charge in [0.25, 0.3) is 0 Å². The van der Waals surface area contributed by atoms with E-state index in [1.165, 1.54) is 30.5 Å². The van der Waals surface area contributed by atoms with Crippen molar-refractivity contribution in [3.63, 3.8) is 0 Å². The van der Waals surface area contributed by atoms with Crippen molar-refractivity contribution < 1.29 is 23.1 Å². The molecule has 1 saturated heterocycles. The Labute approximate surface area is 196 Å². The van der Waals surface area contributed by atoms with E-state index in [2.05, 4.69) is 10.3 Å². The minimum atomic E-state index is -0.536. The second kappa shape index (κ2) is 10.9. The molecule has 2 heterocycles. The number of halogens is 2. The predicted octanol–water partition coefficient (Wildman–Crippen LogP) is 4.25. The zero-order valence-corrected chi connectivity index (χ0v) is 18.5. The number of carbonyl (C=O) groups is 2. The van der Waals surface area contributed by atoms with Crippen LogP contribution in [0, 0.1) is 17.6 Å². The van der Waals surface area contributed by atoms with Crippen LogP contribution in [0.3, 0.4) is 0 Å². The van der Waals surface area contributed by atoms with Crippen molar-refractivity contribution in [2.75, 3.05) is 13.1 Å². The Balaban J connectivity index is 1.29. The molecule has 0 aliphatic carbocycles. The number of nitrogens with zero attached hydrogens (tertiary/aromatic N) is 2. The molecular formula is C26H25F2N3O3. The van der Waals surface area contributed by atoms with Crippen LogP contribution in [0.4, 0.5) is 8.78 Å². The summed E-state index contributed by atoms with van der Waals surface area (Å²) < 4.78 is 33.0. The van der Waals surface area contributed by atoms with E-state index in [4.69, 9.17) is 4.74 Å². The zero-order chi connectivity index (χ0) is 23.9. The second-order valence-corrected chi connectivity index (χ2v) is 8.26. The molecule has 4 rings (SSSR count). The van der Waals surface area contributed by atoms with Gasteiger partial charge in [0.1, 0.15) is 11.6 Å². The number of hydrogen-bond acceptors (Lipinski definition) is 4. The fourth-order valence-electron chi connectivity index (χ4n) is 3.91. The van der Waals surface area contributed by atoms with Gasteiger partial charge in [0, 0.05) is 25.8 Å². The maximum absolute atomic E-state index is 14.4. The third-order valence-corrected chi connectivity index (χ3v) is 5.74. The third-order valence-electron chi connectivity index (χ3n) is 5.74. The number of carbonyl (C=O) groups excluding carboxylic acids is 2. The molecule has 2 aromatic carbocycles. The second-order valence-electron chi connectivity index (χ2n) is 8.26. The number of ether oxygens (including phenoxy) is 1. The highest BCUT2D eigenvalue weighted by atomic mass is 19.1. The monoisotopic (exact) mass is 465 g/mol. The van der Waals surface area contributed by atoms with Crippen molar-refractivity contribution in [1.29, 1.82) is 0 Å². The van der Waals surface area contributed by atoms with Crippen LogP contribution in [0.5, 0.6) is 11.5 Å². The maximum Gasteiger partial charge on any atom is 0.227 e. The SMILES string of the molecule is O=C(NCc1ccc(Oc2cccnc2)c(F)c1)C1CCCN(C(=O)Cc2ccc(F)cc2)C1. The van der Waals surface area contributed by atoms with Crippen LogP contribution >= 0.6 is 0 Å². The molecule has 6 nitrogen and oxygen atoms in total. The van der Waals surface area contributed by atoms with Gasteiger partial charge >= 0.3 is 0 Å². The molecule has 1 aliphatic rings. The van der Waals surface area contributed by atoms with Crippen molar-refractivity contribution in [1.82, 2.24) is 15.2 Å². The summed E-state index contributed by atoms with van der Waals surface area (Å²) in [7, 11) is 0. The van der Waals surface area contributed by atoms with Crippen molar-refractivity contribution in [3.05, 3.63) is 89.8 Å². The van der Waals surface area contributed by atoms with Crippen molar-refractivity contribution >= 4 is 11.8 Å². The van der Waals surface area contributed by atoms with E-state index in [0.717, 1.165) is 12.0 Å². The highest BCUT2D eigenvalue weighted by molar-refractivity contribution is 5.82. The minimum Gasteiger partial charge on any atom is -0.453 e. The maximum atomic E-state index is 14.4. The molecule has 8 heteroatoms. The van der Waals surface area contributed by atoms with Gasteiger partial charge in [-0.3, -0.25) is 14.6 Å². The lowest BCUT2D eigenvalue weighted by Crippen LogP contribution is -2.45. The summed E-state index contributed by atoms with van der Waals surface area (Å²) in [5, 5.41) is 2.84.